The van der Waals surface area contributed by atoms with Crippen molar-refractivity contribution in [3.63, 3.8) is 0 Å². The van der Waals surface area contributed by atoms with Gasteiger partial charge in [0.05, 0.1) is 22.6 Å². The molecule has 0 bridgehead atoms. The van der Waals surface area contributed by atoms with Gasteiger partial charge in [0.25, 0.3) is 5.56 Å². The molecule has 0 saturated carbocycles. The molecule has 0 aliphatic heterocycles. The minimum atomic E-state index is -0.699. The maximum atomic E-state index is 14.5. The van der Waals surface area contributed by atoms with Crippen LogP contribution >= 0.6 is 23.2 Å². The SMILES string of the molecule is C[C@H](Nc1nc(N)nc(N)c1Cl)c1nc2c(F)ccc(Cl)c2c(=O)n1-c1ccn[nH]1. The average molecular weight is 450 g/mol. The summed E-state index contributed by atoms with van der Waals surface area (Å²) in [6.07, 6.45) is 1.46. The first kappa shape index (κ1) is 19.9. The molecular formula is C17H14Cl2FN9O. The van der Waals surface area contributed by atoms with Crippen molar-refractivity contribution in [2.45, 2.75) is 13.0 Å². The number of nitrogens with zero attached hydrogens (tertiary/aromatic N) is 5. The maximum Gasteiger partial charge on any atom is 0.268 e. The van der Waals surface area contributed by atoms with Crippen molar-refractivity contribution in [2.24, 2.45) is 0 Å². The smallest absolute Gasteiger partial charge is 0.268 e. The highest BCUT2D eigenvalue weighted by molar-refractivity contribution is 6.35. The number of hydrogen-bond donors (Lipinski definition) is 4. The van der Waals surface area contributed by atoms with Crippen LogP contribution in [-0.4, -0.2) is 29.7 Å². The van der Waals surface area contributed by atoms with Crippen LogP contribution in [-0.2, 0) is 0 Å². The van der Waals surface area contributed by atoms with Crippen LogP contribution in [0.5, 0.6) is 0 Å². The summed E-state index contributed by atoms with van der Waals surface area (Å²) in [6.45, 7) is 1.67. The molecule has 30 heavy (non-hydrogen) atoms. The first-order valence-corrected chi connectivity index (χ1v) is 9.29. The fourth-order valence-electron chi connectivity index (χ4n) is 2.98. The third-order valence-corrected chi connectivity index (χ3v) is 5.00. The quantitative estimate of drug-likeness (QED) is 0.370. The van der Waals surface area contributed by atoms with Gasteiger partial charge in [0, 0.05) is 6.07 Å². The van der Waals surface area contributed by atoms with Crippen molar-refractivity contribution in [2.75, 3.05) is 16.8 Å². The molecule has 0 fully saturated rings. The van der Waals surface area contributed by atoms with Crippen molar-refractivity contribution in [1.82, 2.24) is 29.7 Å². The van der Waals surface area contributed by atoms with E-state index in [1.165, 1.54) is 16.8 Å². The number of H-pyrrole nitrogens is 1. The second-order valence-electron chi connectivity index (χ2n) is 6.30. The standard InChI is InChI=1S/C17H14Cl2FN9O/c1-6(24-14-11(19)13(21)26-17(22)27-14)15-25-12-8(20)3-2-7(18)10(12)16(30)29(15)9-4-5-23-28-9/h2-6H,1H3,(H,23,28)(H5,21,22,24,26,27)/t6-/m0/s1. The zero-order valence-corrected chi connectivity index (χ0v) is 16.8. The molecule has 4 aromatic rings. The highest BCUT2D eigenvalue weighted by Crippen LogP contribution is 2.30. The Morgan fingerprint density at radius 2 is 1.97 bits per heavy atom. The Bertz CT molecular complexity index is 1320. The Labute approximate surface area is 178 Å². The van der Waals surface area contributed by atoms with Crippen molar-refractivity contribution >= 4 is 51.7 Å². The Kier molecular flexibility index (Phi) is 4.92. The first-order valence-electron chi connectivity index (χ1n) is 8.53. The van der Waals surface area contributed by atoms with E-state index in [0.29, 0.717) is 5.82 Å². The van der Waals surface area contributed by atoms with Gasteiger partial charge in [-0.15, -0.1) is 0 Å². The number of aromatic amines is 1. The van der Waals surface area contributed by atoms with Gasteiger partial charge in [-0.1, -0.05) is 23.2 Å². The Morgan fingerprint density at radius 3 is 2.67 bits per heavy atom. The molecule has 1 aromatic carbocycles. The summed E-state index contributed by atoms with van der Waals surface area (Å²) in [4.78, 5) is 25.4. The number of halogens is 3. The summed E-state index contributed by atoms with van der Waals surface area (Å²) in [7, 11) is 0. The number of aromatic nitrogens is 6. The van der Waals surface area contributed by atoms with E-state index < -0.39 is 17.4 Å². The van der Waals surface area contributed by atoms with E-state index in [1.807, 2.05) is 0 Å². The van der Waals surface area contributed by atoms with E-state index in [0.717, 1.165) is 6.07 Å². The molecule has 10 nitrogen and oxygen atoms in total. The lowest BCUT2D eigenvalue weighted by Gasteiger charge is -2.20. The summed E-state index contributed by atoms with van der Waals surface area (Å²) in [5.41, 5.74) is 10.6. The van der Waals surface area contributed by atoms with E-state index in [-0.39, 0.29) is 44.4 Å². The summed E-state index contributed by atoms with van der Waals surface area (Å²) in [6, 6.07) is 3.30. The second-order valence-corrected chi connectivity index (χ2v) is 7.09. The maximum absolute atomic E-state index is 14.5. The summed E-state index contributed by atoms with van der Waals surface area (Å²) in [5.74, 6) is -0.219. The second kappa shape index (κ2) is 7.43. The van der Waals surface area contributed by atoms with Crippen molar-refractivity contribution in [3.8, 4) is 5.82 Å². The van der Waals surface area contributed by atoms with Crippen LogP contribution < -0.4 is 22.3 Å². The van der Waals surface area contributed by atoms with Gasteiger partial charge in [-0.2, -0.15) is 15.1 Å². The van der Waals surface area contributed by atoms with E-state index in [9.17, 15) is 9.18 Å². The van der Waals surface area contributed by atoms with Gasteiger partial charge in [-0.05, 0) is 19.1 Å². The molecule has 0 spiro atoms. The molecule has 6 N–H and O–H groups in total. The summed E-state index contributed by atoms with van der Waals surface area (Å²) >= 11 is 12.3. The predicted molar refractivity (Wildman–Crippen MR) is 112 cm³/mol. The molecular weight excluding hydrogens is 436 g/mol. The third kappa shape index (κ3) is 3.27. The van der Waals surface area contributed by atoms with Crippen molar-refractivity contribution < 1.29 is 4.39 Å². The van der Waals surface area contributed by atoms with Gasteiger partial charge in [0.2, 0.25) is 5.95 Å². The predicted octanol–water partition coefficient (Wildman–Crippen LogP) is 2.68. The minimum Gasteiger partial charge on any atom is -0.382 e. The first-order chi connectivity index (χ1) is 14.3. The number of hydrogen-bond acceptors (Lipinski definition) is 8. The molecule has 4 rings (SSSR count). The van der Waals surface area contributed by atoms with Crippen LogP contribution in [0.15, 0.2) is 29.2 Å². The van der Waals surface area contributed by atoms with Crippen LogP contribution in [0.1, 0.15) is 18.8 Å². The Hall–Kier alpha value is -3.44. The molecule has 0 unspecified atom stereocenters. The van der Waals surface area contributed by atoms with Crippen LogP contribution in [0.2, 0.25) is 10.0 Å². The van der Waals surface area contributed by atoms with Crippen LogP contribution in [0.4, 0.5) is 22.0 Å². The number of fused-ring (bicyclic) bond motifs is 1. The number of benzene rings is 1. The molecule has 1 atom stereocenters. The fourth-order valence-corrected chi connectivity index (χ4v) is 3.35. The zero-order chi connectivity index (χ0) is 21.6. The number of nitrogen functional groups attached to an aromatic ring is 2. The highest BCUT2D eigenvalue weighted by Gasteiger charge is 2.23. The molecule has 0 aliphatic rings. The fraction of sp³-hybridized carbons (Fsp3) is 0.118. The average Bonchev–Trinajstić information content (AvgIpc) is 3.22. The lowest BCUT2D eigenvalue weighted by Crippen LogP contribution is -2.28. The molecule has 154 valence electrons. The molecule has 3 aromatic heterocycles. The highest BCUT2D eigenvalue weighted by atomic mass is 35.5. The Balaban J connectivity index is 1.95. The number of rotatable bonds is 4. The summed E-state index contributed by atoms with van der Waals surface area (Å²) < 4.78 is 15.7. The molecule has 0 saturated heterocycles. The van der Waals surface area contributed by atoms with Crippen LogP contribution in [0.25, 0.3) is 16.7 Å². The molecule has 0 amide bonds. The topological polar surface area (TPSA) is 153 Å². The zero-order valence-electron chi connectivity index (χ0n) is 15.3. The summed E-state index contributed by atoms with van der Waals surface area (Å²) in [5, 5.41) is 9.60. The number of nitrogens with one attached hydrogen (secondary N) is 2. The van der Waals surface area contributed by atoms with E-state index >= 15 is 0 Å². The van der Waals surface area contributed by atoms with Gasteiger partial charge in [0.15, 0.2) is 5.82 Å². The normalized spacial score (nSPS) is 12.3. The van der Waals surface area contributed by atoms with Gasteiger partial charge >= 0.3 is 0 Å². The van der Waals surface area contributed by atoms with E-state index in [2.05, 4.69) is 30.5 Å². The van der Waals surface area contributed by atoms with Crippen molar-refractivity contribution in [1.29, 1.82) is 0 Å². The lowest BCUT2D eigenvalue weighted by atomic mass is 10.2. The van der Waals surface area contributed by atoms with Gasteiger partial charge in [-0.25, -0.2) is 13.9 Å². The third-order valence-electron chi connectivity index (χ3n) is 4.31. The van der Waals surface area contributed by atoms with Crippen LogP contribution in [0, 0.1) is 5.82 Å². The Morgan fingerprint density at radius 1 is 1.20 bits per heavy atom. The van der Waals surface area contributed by atoms with Gasteiger partial charge < -0.3 is 16.8 Å². The molecule has 0 aliphatic carbocycles. The van der Waals surface area contributed by atoms with E-state index in [4.69, 9.17) is 34.7 Å². The molecule has 3 heterocycles. The largest absolute Gasteiger partial charge is 0.382 e. The number of nitrogens with two attached hydrogens (primary N) is 2. The number of anilines is 3. The van der Waals surface area contributed by atoms with E-state index in [1.54, 1.807) is 13.0 Å². The lowest BCUT2D eigenvalue weighted by molar-refractivity contribution is 0.631. The van der Waals surface area contributed by atoms with Crippen molar-refractivity contribution in [3.05, 3.63) is 56.4 Å². The van der Waals surface area contributed by atoms with Crippen LogP contribution in [0.3, 0.4) is 0 Å². The van der Waals surface area contributed by atoms with Gasteiger partial charge in [-0.3, -0.25) is 9.89 Å². The molecule has 13 heteroatoms. The van der Waals surface area contributed by atoms with Gasteiger partial charge in [0.1, 0.15) is 33.8 Å². The minimum absolute atomic E-state index is 0.0193. The molecule has 0 radical (unpaired) electrons. The monoisotopic (exact) mass is 449 g/mol.